The number of para-hydroxylation sites is 1. The van der Waals surface area contributed by atoms with Gasteiger partial charge in [0.25, 0.3) is 11.8 Å². The normalized spacial score (nSPS) is 24.9. The maximum absolute atomic E-state index is 6.36. The van der Waals surface area contributed by atoms with Gasteiger partial charge in [-0.15, -0.1) is 0 Å². The Morgan fingerprint density at radius 3 is 2.37 bits per heavy atom. The number of anilines is 1. The fourth-order valence-electron chi connectivity index (χ4n) is 2.92. The van der Waals surface area contributed by atoms with Crippen LogP contribution >= 0.6 is 64.4 Å². The second-order valence-electron chi connectivity index (χ2n) is 6.09. The highest BCUT2D eigenvalue weighted by Gasteiger charge is 2.44. The fourth-order valence-corrected chi connectivity index (χ4v) is 17.8. The van der Waals surface area contributed by atoms with Gasteiger partial charge in [0.05, 0.1) is 6.54 Å². The van der Waals surface area contributed by atoms with Crippen LogP contribution in [0.3, 0.4) is 0 Å². The van der Waals surface area contributed by atoms with E-state index < -0.39 is 19.4 Å². The van der Waals surface area contributed by atoms with Gasteiger partial charge < -0.3 is 4.52 Å². The Morgan fingerprint density at radius 2 is 1.67 bits per heavy atom. The molecule has 0 saturated carbocycles. The smallest absolute Gasteiger partial charge is 0.361 e. The van der Waals surface area contributed by atoms with Crippen LogP contribution in [0, 0.1) is 13.8 Å². The van der Waals surface area contributed by atoms with Crippen LogP contribution in [0.2, 0.25) is 0 Å². The molecule has 0 amide bonds. The van der Waals surface area contributed by atoms with Gasteiger partial charge in [-0.25, -0.2) is 4.98 Å². The topological polar surface area (TPSA) is 62.4 Å². The number of halogens is 4. The number of aromatic nitrogens is 1. The Hall–Kier alpha value is -0.180. The second kappa shape index (κ2) is 6.96. The molecule has 2 aliphatic heterocycles. The third-order valence-electron chi connectivity index (χ3n) is 3.84. The molecule has 0 fully saturated rings. The molecule has 1 spiro atoms. The lowest BCUT2D eigenvalue weighted by Crippen LogP contribution is -2.27. The first-order valence-electron chi connectivity index (χ1n) is 7.79. The van der Waals surface area contributed by atoms with Crippen molar-refractivity contribution in [3.8, 4) is 5.75 Å². The first-order valence-corrected chi connectivity index (χ1v) is 16.4. The zero-order valence-electron chi connectivity index (χ0n) is 14.2. The minimum Gasteiger partial charge on any atom is -0.426 e. The highest BCUT2D eigenvalue weighted by molar-refractivity contribution is 8.20. The zero-order chi connectivity index (χ0) is 19.4. The molecule has 1 aromatic heterocycles. The van der Waals surface area contributed by atoms with E-state index in [1.165, 1.54) is 0 Å². The minimum absolute atomic E-state index is 0.467. The average Bonchev–Trinajstić information content (AvgIpc) is 2.49. The van der Waals surface area contributed by atoms with Crippen molar-refractivity contribution in [2.24, 2.45) is 13.5 Å². The van der Waals surface area contributed by atoms with Crippen molar-refractivity contribution in [3.63, 3.8) is 0 Å². The number of benzene rings is 1. The Bertz CT molecular complexity index is 1080. The lowest BCUT2D eigenvalue weighted by molar-refractivity contribution is 0.568. The standard InChI is InChI=1S/C14H14Cl4N5OP3/c1-10-7-11(2)19-14(8-10)23-9-12-5-3-4-6-13(12)24-27(23)21-25(15,16)20-26(17,18)22-27/h3-8H,9H2,1-2H3. The van der Waals surface area contributed by atoms with E-state index in [1.807, 2.05) is 54.9 Å². The Morgan fingerprint density at radius 1 is 0.963 bits per heavy atom. The molecule has 1 aromatic carbocycles. The molecular weight excluding hydrogens is 489 g/mol. The van der Waals surface area contributed by atoms with Crippen LogP contribution in [0.1, 0.15) is 16.8 Å². The molecule has 2 aliphatic rings. The van der Waals surface area contributed by atoms with Crippen molar-refractivity contribution < 1.29 is 4.52 Å². The molecule has 13 heteroatoms. The SMILES string of the molecule is Cc1cc(C)nc(N2Cc3ccccc3O[P@@]23=NP(Cl)(Cl)=NP(Cl)(Cl)=N3)c1. The predicted octanol–water partition coefficient (Wildman–Crippen LogP) is 8.90. The fraction of sp³-hybridized carbons (Fsp3) is 0.214. The average molecular weight is 503 g/mol. The minimum atomic E-state index is -3.14. The number of aryl methyl sites for hydroxylation is 2. The molecule has 6 nitrogen and oxygen atoms in total. The highest BCUT2D eigenvalue weighted by atomic mass is 35.9. The molecule has 0 unspecified atom stereocenters. The van der Waals surface area contributed by atoms with Crippen molar-refractivity contribution >= 4 is 70.2 Å². The number of rotatable bonds is 1. The molecule has 0 N–H and O–H groups in total. The van der Waals surface area contributed by atoms with E-state index in [0.29, 0.717) is 18.1 Å². The summed E-state index contributed by atoms with van der Waals surface area (Å²) >= 11 is 25.5. The van der Waals surface area contributed by atoms with E-state index in [1.54, 1.807) is 0 Å². The highest BCUT2D eigenvalue weighted by Crippen LogP contribution is 2.86. The van der Waals surface area contributed by atoms with Gasteiger partial charge in [0.15, 0.2) is 0 Å². The first-order chi connectivity index (χ1) is 12.6. The summed E-state index contributed by atoms with van der Waals surface area (Å²) in [7, 11) is -3.13. The maximum Gasteiger partial charge on any atom is 0.361 e. The molecule has 4 rings (SSSR count). The van der Waals surface area contributed by atoms with E-state index in [0.717, 1.165) is 16.8 Å². The molecule has 0 bridgehead atoms. The van der Waals surface area contributed by atoms with Crippen LogP contribution in [0.5, 0.6) is 5.75 Å². The molecule has 1 atom stereocenters. The Balaban J connectivity index is 2.02. The first kappa shape index (κ1) is 20.1. The van der Waals surface area contributed by atoms with Crippen molar-refractivity contribution in [1.29, 1.82) is 0 Å². The van der Waals surface area contributed by atoms with Crippen molar-refractivity contribution in [2.45, 2.75) is 20.4 Å². The molecule has 144 valence electrons. The summed E-state index contributed by atoms with van der Waals surface area (Å²) in [5, 5.41) is 0. The van der Waals surface area contributed by atoms with E-state index in [-0.39, 0.29) is 0 Å². The third-order valence-corrected chi connectivity index (χ3v) is 15.4. The molecular formula is C14H14Cl4N5OP3. The Labute approximate surface area is 176 Å². The molecule has 3 heterocycles. The van der Waals surface area contributed by atoms with E-state index in [2.05, 4.69) is 18.5 Å². The molecule has 0 aliphatic carbocycles. The van der Waals surface area contributed by atoms with Crippen molar-refractivity contribution in [1.82, 2.24) is 4.98 Å². The van der Waals surface area contributed by atoms with Gasteiger partial charge in [0.2, 0.25) is 0 Å². The van der Waals surface area contributed by atoms with Crippen LogP contribution in [0.25, 0.3) is 0 Å². The second-order valence-corrected chi connectivity index (χ2v) is 18.5. The number of hydrogen-bond donors (Lipinski definition) is 0. The number of hydrogen-bond acceptors (Lipinski definition) is 6. The van der Waals surface area contributed by atoms with Crippen LogP contribution < -0.4 is 9.19 Å². The lowest BCUT2D eigenvalue weighted by Gasteiger charge is -2.39. The van der Waals surface area contributed by atoms with Gasteiger partial charge in [-0.05, 0) is 82.6 Å². The summed E-state index contributed by atoms with van der Waals surface area (Å²) in [4.78, 5) is 4.65. The van der Waals surface area contributed by atoms with Crippen LogP contribution in [0.4, 0.5) is 5.82 Å². The van der Waals surface area contributed by atoms with E-state index >= 15 is 0 Å². The molecule has 2 aromatic rings. The van der Waals surface area contributed by atoms with E-state index in [9.17, 15) is 0 Å². The van der Waals surface area contributed by atoms with Gasteiger partial charge in [-0.2, -0.15) is 13.5 Å². The van der Waals surface area contributed by atoms with Crippen LogP contribution in [0.15, 0.2) is 49.9 Å². The van der Waals surface area contributed by atoms with Gasteiger partial charge >= 0.3 is 7.58 Å². The number of fused-ring (bicyclic) bond motifs is 1. The van der Waals surface area contributed by atoms with Gasteiger partial charge in [-0.1, -0.05) is 18.2 Å². The van der Waals surface area contributed by atoms with Gasteiger partial charge in [0.1, 0.15) is 11.6 Å². The number of nitrogens with zero attached hydrogens (tertiary/aromatic N) is 5. The summed E-state index contributed by atoms with van der Waals surface area (Å²) in [5.74, 6) is -4.97. The van der Waals surface area contributed by atoms with Crippen LogP contribution in [-0.4, -0.2) is 4.98 Å². The summed E-state index contributed by atoms with van der Waals surface area (Å²) in [6.07, 6.45) is 0. The quantitative estimate of drug-likeness (QED) is 0.365. The molecule has 27 heavy (non-hydrogen) atoms. The lowest BCUT2D eigenvalue weighted by atomic mass is 10.2. The van der Waals surface area contributed by atoms with Crippen molar-refractivity contribution in [3.05, 3.63) is 53.2 Å². The van der Waals surface area contributed by atoms with Gasteiger partial charge in [0, 0.05) is 11.3 Å². The molecule has 0 saturated heterocycles. The summed E-state index contributed by atoms with van der Waals surface area (Å²) in [6, 6.07) is 11.6. The summed E-state index contributed by atoms with van der Waals surface area (Å²) in [5.41, 5.74) is 2.88. The third kappa shape index (κ3) is 4.09. The Kier molecular flexibility index (Phi) is 5.18. The van der Waals surface area contributed by atoms with Crippen LogP contribution in [-0.2, 0) is 6.54 Å². The van der Waals surface area contributed by atoms with Gasteiger partial charge in [-0.3, -0.25) is 4.67 Å². The maximum atomic E-state index is 6.36. The molecule has 0 radical (unpaired) electrons. The zero-order valence-corrected chi connectivity index (χ0v) is 19.9. The van der Waals surface area contributed by atoms with Crippen molar-refractivity contribution in [2.75, 3.05) is 4.67 Å². The van der Waals surface area contributed by atoms with E-state index in [4.69, 9.17) is 49.5 Å². The summed E-state index contributed by atoms with van der Waals surface area (Å²) in [6.45, 7) is 4.38. The summed E-state index contributed by atoms with van der Waals surface area (Å²) < 4.78 is 21.4. The predicted molar refractivity (Wildman–Crippen MR) is 118 cm³/mol. The number of pyridine rings is 1. The largest absolute Gasteiger partial charge is 0.426 e. The monoisotopic (exact) mass is 501 g/mol.